The molecule has 1 unspecified atom stereocenters. The van der Waals surface area contributed by atoms with E-state index in [1.807, 2.05) is 14.0 Å². The van der Waals surface area contributed by atoms with Crippen molar-refractivity contribution in [1.29, 1.82) is 0 Å². The van der Waals surface area contributed by atoms with Gasteiger partial charge in [0, 0.05) is 24.7 Å². The maximum atomic E-state index is 5.93. The van der Waals surface area contributed by atoms with Crippen LogP contribution >= 0.6 is 0 Å². The Balaban J connectivity index is 2.71. The molecular formula is C14H22N4O. The highest BCUT2D eigenvalue weighted by Gasteiger charge is 2.22. The minimum absolute atomic E-state index is 0.294. The maximum Gasteiger partial charge on any atom is 0.317 e. The largest absolute Gasteiger partial charge is 0.467 e. The van der Waals surface area contributed by atoms with Crippen molar-refractivity contribution in [3.63, 3.8) is 0 Å². The number of nitrogens with two attached hydrogens (primary N) is 1. The Hall–Kier alpha value is -1.62. The number of aromatic nitrogens is 3. The van der Waals surface area contributed by atoms with Crippen molar-refractivity contribution in [1.82, 2.24) is 14.5 Å². The molecule has 104 valence electrons. The summed E-state index contributed by atoms with van der Waals surface area (Å²) in [7, 11) is 3.61. The molecule has 19 heavy (non-hydrogen) atoms. The zero-order chi connectivity index (χ0) is 14.2. The lowest BCUT2D eigenvalue weighted by atomic mass is 9.89. The SMILES string of the molecule is COc1nc(C)c2c(n1)c(C(CN)C(C)C)cn2C. The van der Waals surface area contributed by atoms with E-state index in [9.17, 15) is 0 Å². The first-order valence-electron chi connectivity index (χ1n) is 6.57. The summed E-state index contributed by atoms with van der Waals surface area (Å²) in [5.74, 6) is 0.763. The van der Waals surface area contributed by atoms with Crippen molar-refractivity contribution in [2.75, 3.05) is 13.7 Å². The lowest BCUT2D eigenvalue weighted by Gasteiger charge is -2.17. The second-order valence-electron chi connectivity index (χ2n) is 5.27. The topological polar surface area (TPSA) is 66.0 Å². The van der Waals surface area contributed by atoms with Gasteiger partial charge in [0.2, 0.25) is 0 Å². The quantitative estimate of drug-likeness (QED) is 0.915. The van der Waals surface area contributed by atoms with Crippen LogP contribution in [0.4, 0.5) is 0 Å². The molecule has 0 spiro atoms. The third-order valence-corrected chi connectivity index (χ3v) is 3.64. The molecule has 0 radical (unpaired) electrons. The molecule has 0 aliphatic carbocycles. The molecule has 2 aromatic heterocycles. The fourth-order valence-corrected chi connectivity index (χ4v) is 2.62. The van der Waals surface area contributed by atoms with Crippen molar-refractivity contribution in [3.8, 4) is 6.01 Å². The molecule has 5 nitrogen and oxygen atoms in total. The van der Waals surface area contributed by atoms with Crippen LogP contribution in [0.25, 0.3) is 11.0 Å². The van der Waals surface area contributed by atoms with E-state index in [0.29, 0.717) is 24.4 Å². The number of fused-ring (bicyclic) bond motifs is 1. The van der Waals surface area contributed by atoms with Gasteiger partial charge in [-0.15, -0.1) is 0 Å². The summed E-state index contributed by atoms with van der Waals surface area (Å²) in [6.07, 6.45) is 2.11. The molecule has 2 aromatic rings. The molecule has 0 aliphatic rings. The Morgan fingerprint density at radius 2 is 2.05 bits per heavy atom. The lowest BCUT2D eigenvalue weighted by Crippen LogP contribution is -2.17. The zero-order valence-corrected chi connectivity index (χ0v) is 12.3. The average molecular weight is 262 g/mol. The van der Waals surface area contributed by atoms with E-state index in [2.05, 4.69) is 34.6 Å². The van der Waals surface area contributed by atoms with Crippen molar-refractivity contribution in [2.24, 2.45) is 18.7 Å². The molecule has 0 saturated heterocycles. The summed E-state index contributed by atoms with van der Waals surface area (Å²) >= 11 is 0. The van der Waals surface area contributed by atoms with Gasteiger partial charge in [0.05, 0.1) is 23.8 Å². The predicted octanol–water partition coefficient (Wildman–Crippen LogP) is 1.98. The third kappa shape index (κ3) is 2.30. The summed E-state index contributed by atoms with van der Waals surface area (Å²) in [5, 5.41) is 0. The Labute approximate surface area is 113 Å². The van der Waals surface area contributed by atoms with Crippen LogP contribution in [0.5, 0.6) is 6.01 Å². The van der Waals surface area contributed by atoms with E-state index in [1.165, 1.54) is 5.56 Å². The highest BCUT2D eigenvalue weighted by molar-refractivity contribution is 5.82. The second kappa shape index (κ2) is 5.17. The molecule has 2 N–H and O–H groups in total. The highest BCUT2D eigenvalue weighted by atomic mass is 16.5. The van der Waals surface area contributed by atoms with Gasteiger partial charge in [-0.05, 0) is 19.4 Å². The van der Waals surface area contributed by atoms with Gasteiger partial charge in [0.15, 0.2) is 0 Å². The summed E-state index contributed by atoms with van der Waals surface area (Å²) < 4.78 is 7.25. The molecule has 0 fully saturated rings. The Kier molecular flexibility index (Phi) is 3.75. The number of ether oxygens (including phenoxy) is 1. The molecule has 2 rings (SSSR count). The first-order chi connectivity index (χ1) is 8.99. The fraction of sp³-hybridized carbons (Fsp3) is 0.571. The first kappa shape index (κ1) is 13.8. The smallest absolute Gasteiger partial charge is 0.317 e. The van der Waals surface area contributed by atoms with Crippen LogP contribution in [-0.2, 0) is 7.05 Å². The second-order valence-corrected chi connectivity index (χ2v) is 5.27. The summed E-state index contributed by atoms with van der Waals surface area (Å²) in [6, 6.07) is 0.414. The number of aryl methyl sites for hydroxylation is 2. The lowest BCUT2D eigenvalue weighted by molar-refractivity contribution is 0.380. The third-order valence-electron chi connectivity index (χ3n) is 3.64. The van der Waals surface area contributed by atoms with Gasteiger partial charge in [-0.3, -0.25) is 0 Å². The molecule has 2 heterocycles. The minimum atomic E-state index is 0.294. The van der Waals surface area contributed by atoms with E-state index < -0.39 is 0 Å². The van der Waals surface area contributed by atoms with E-state index in [-0.39, 0.29) is 0 Å². The van der Waals surface area contributed by atoms with Crippen LogP contribution in [0.2, 0.25) is 0 Å². The highest BCUT2D eigenvalue weighted by Crippen LogP contribution is 2.32. The Bertz CT molecular complexity index is 589. The van der Waals surface area contributed by atoms with Crippen molar-refractivity contribution < 1.29 is 4.74 Å². The van der Waals surface area contributed by atoms with Gasteiger partial charge < -0.3 is 15.0 Å². The number of rotatable bonds is 4. The summed E-state index contributed by atoms with van der Waals surface area (Å²) in [4.78, 5) is 8.86. The van der Waals surface area contributed by atoms with E-state index in [4.69, 9.17) is 10.5 Å². The number of hydrogen-bond acceptors (Lipinski definition) is 4. The Morgan fingerprint density at radius 3 is 2.58 bits per heavy atom. The number of nitrogens with zero attached hydrogens (tertiary/aromatic N) is 3. The Morgan fingerprint density at radius 1 is 1.37 bits per heavy atom. The van der Waals surface area contributed by atoms with Gasteiger partial charge in [0.25, 0.3) is 0 Å². The fourth-order valence-electron chi connectivity index (χ4n) is 2.62. The minimum Gasteiger partial charge on any atom is -0.467 e. The van der Waals surface area contributed by atoms with Gasteiger partial charge in [-0.25, -0.2) is 0 Å². The molecule has 0 bridgehead atoms. The molecule has 0 aliphatic heterocycles. The predicted molar refractivity (Wildman–Crippen MR) is 76.4 cm³/mol. The molecule has 0 saturated carbocycles. The number of methoxy groups -OCH3 is 1. The molecule has 0 amide bonds. The monoisotopic (exact) mass is 262 g/mol. The average Bonchev–Trinajstić information content (AvgIpc) is 2.67. The van der Waals surface area contributed by atoms with E-state index >= 15 is 0 Å². The van der Waals surface area contributed by atoms with Crippen LogP contribution < -0.4 is 10.5 Å². The van der Waals surface area contributed by atoms with Gasteiger partial charge in [-0.1, -0.05) is 13.8 Å². The first-order valence-corrected chi connectivity index (χ1v) is 6.57. The molecule has 5 heteroatoms. The standard InChI is InChI=1S/C14H22N4O/c1-8(2)10(6-15)11-7-18(4)13-9(3)16-14(19-5)17-12(11)13/h7-8,10H,6,15H2,1-5H3. The van der Waals surface area contributed by atoms with Crippen molar-refractivity contribution >= 4 is 11.0 Å². The summed E-state index contributed by atoms with van der Waals surface area (Å²) in [5.41, 5.74) is 10.0. The van der Waals surface area contributed by atoms with E-state index in [1.54, 1.807) is 7.11 Å². The molecule has 1 atom stereocenters. The molecular weight excluding hydrogens is 240 g/mol. The normalized spacial score (nSPS) is 13.2. The van der Waals surface area contributed by atoms with Crippen molar-refractivity contribution in [2.45, 2.75) is 26.7 Å². The zero-order valence-electron chi connectivity index (χ0n) is 12.3. The van der Waals surface area contributed by atoms with Crippen LogP contribution in [0.15, 0.2) is 6.20 Å². The maximum absolute atomic E-state index is 5.93. The molecule has 0 aromatic carbocycles. The van der Waals surface area contributed by atoms with Crippen LogP contribution in [0, 0.1) is 12.8 Å². The van der Waals surface area contributed by atoms with Crippen LogP contribution in [0.3, 0.4) is 0 Å². The van der Waals surface area contributed by atoms with Gasteiger partial charge in [0.1, 0.15) is 0 Å². The van der Waals surface area contributed by atoms with Crippen LogP contribution in [-0.4, -0.2) is 28.2 Å². The van der Waals surface area contributed by atoms with Gasteiger partial charge in [-0.2, -0.15) is 9.97 Å². The van der Waals surface area contributed by atoms with E-state index in [0.717, 1.165) is 16.7 Å². The summed E-state index contributed by atoms with van der Waals surface area (Å²) in [6.45, 7) is 6.95. The van der Waals surface area contributed by atoms with Crippen LogP contribution in [0.1, 0.15) is 31.0 Å². The van der Waals surface area contributed by atoms with Crippen molar-refractivity contribution in [3.05, 3.63) is 17.5 Å². The van der Waals surface area contributed by atoms with Gasteiger partial charge >= 0.3 is 6.01 Å². The number of hydrogen-bond donors (Lipinski definition) is 1.